The molecule has 2 aromatic rings. The van der Waals surface area contributed by atoms with Gasteiger partial charge in [0.2, 0.25) is 5.76 Å². The van der Waals surface area contributed by atoms with E-state index in [-0.39, 0.29) is 5.76 Å². The molecule has 0 saturated heterocycles. The van der Waals surface area contributed by atoms with Gasteiger partial charge in [0.05, 0.1) is 4.88 Å². The molecule has 82 valence electrons. The molecular weight excluding hydrogens is 239 g/mol. The third kappa shape index (κ3) is 1.82. The average Bonchev–Trinajstić information content (AvgIpc) is 2.85. The first-order valence-electron chi connectivity index (χ1n) is 4.17. The van der Waals surface area contributed by atoms with Crippen LogP contribution in [0.25, 0.3) is 10.6 Å². The monoisotopic (exact) mass is 243 g/mol. The number of thiophene rings is 1. The van der Waals surface area contributed by atoms with E-state index in [4.69, 9.17) is 9.68 Å². The summed E-state index contributed by atoms with van der Waals surface area (Å²) in [4.78, 5) is 0.562. The molecule has 0 amide bonds. The van der Waals surface area contributed by atoms with Crippen LogP contribution in [0, 0.1) is 11.3 Å². The Kier molecular flexibility index (Phi) is 2.48. The lowest BCUT2D eigenvalue weighted by Gasteiger charge is -2.00. The van der Waals surface area contributed by atoms with E-state index in [9.17, 15) is 13.2 Å². The fourth-order valence-corrected chi connectivity index (χ4v) is 1.90. The third-order valence-corrected chi connectivity index (χ3v) is 2.79. The van der Waals surface area contributed by atoms with Crippen molar-refractivity contribution >= 4 is 11.3 Å². The standard InChI is InChI=1S/C10H4F3NOS/c11-10(12,13)6-4-7(15-8(6)5-14)9-2-1-3-16-9/h1-4H. The van der Waals surface area contributed by atoms with Crippen molar-refractivity contribution in [1.29, 1.82) is 5.26 Å². The number of alkyl halides is 3. The molecule has 2 nitrogen and oxygen atoms in total. The summed E-state index contributed by atoms with van der Waals surface area (Å²) in [7, 11) is 0. The van der Waals surface area contributed by atoms with Gasteiger partial charge in [0.1, 0.15) is 17.4 Å². The molecule has 0 unspecified atom stereocenters. The Labute approximate surface area is 92.5 Å². The fourth-order valence-electron chi connectivity index (χ4n) is 1.22. The normalized spacial score (nSPS) is 11.4. The van der Waals surface area contributed by atoms with Crippen molar-refractivity contribution in [2.75, 3.05) is 0 Å². The predicted octanol–water partition coefficient (Wildman–Crippen LogP) is 3.90. The van der Waals surface area contributed by atoms with Crippen molar-refractivity contribution in [3.05, 3.63) is 34.9 Å². The van der Waals surface area contributed by atoms with Gasteiger partial charge in [-0.3, -0.25) is 0 Å². The Morgan fingerprint density at radius 1 is 1.38 bits per heavy atom. The molecule has 0 aliphatic heterocycles. The molecule has 2 aromatic heterocycles. The van der Waals surface area contributed by atoms with Gasteiger partial charge in [-0.05, 0) is 17.5 Å². The van der Waals surface area contributed by atoms with E-state index < -0.39 is 17.5 Å². The quantitative estimate of drug-likeness (QED) is 0.761. The van der Waals surface area contributed by atoms with Gasteiger partial charge >= 0.3 is 6.18 Å². The van der Waals surface area contributed by atoms with Crippen LogP contribution < -0.4 is 0 Å². The maximum Gasteiger partial charge on any atom is 0.420 e. The number of rotatable bonds is 1. The van der Waals surface area contributed by atoms with Gasteiger partial charge in [-0.1, -0.05) is 6.07 Å². The molecule has 0 aliphatic carbocycles. The SMILES string of the molecule is N#Cc1oc(-c2cccs2)cc1C(F)(F)F. The highest BCUT2D eigenvalue weighted by molar-refractivity contribution is 7.13. The van der Waals surface area contributed by atoms with Crippen molar-refractivity contribution in [3.63, 3.8) is 0 Å². The second kappa shape index (κ2) is 3.68. The van der Waals surface area contributed by atoms with Crippen molar-refractivity contribution in [3.8, 4) is 16.7 Å². The molecule has 0 spiro atoms. The van der Waals surface area contributed by atoms with Crippen LogP contribution in [0.5, 0.6) is 0 Å². The minimum absolute atomic E-state index is 0.0684. The van der Waals surface area contributed by atoms with Crippen LogP contribution in [0.4, 0.5) is 13.2 Å². The van der Waals surface area contributed by atoms with Crippen molar-refractivity contribution < 1.29 is 17.6 Å². The summed E-state index contributed by atoms with van der Waals surface area (Å²) in [6, 6.07) is 5.58. The average molecular weight is 243 g/mol. The molecule has 0 N–H and O–H groups in total. The number of nitriles is 1. The summed E-state index contributed by atoms with van der Waals surface area (Å²) in [5.41, 5.74) is -1.03. The van der Waals surface area contributed by atoms with Crippen LogP contribution in [0.1, 0.15) is 11.3 Å². The van der Waals surface area contributed by atoms with Crippen LogP contribution in [-0.2, 0) is 6.18 Å². The molecule has 2 heterocycles. The number of nitrogens with zero attached hydrogens (tertiary/aromatic N) is 1. The third-order valence-electron chi connectivity index (χ3n) is 1.90. The van der Waals surface area contributed by atoms with E-state index in [1.54, 1.807) is 17.5 Å². The lowest BCUT2D eigenvalue weighted by molar-refractivity contribution is -0.138. The Hall–Kier alpha value is -1.74. The van der Waals surface area contributed by atoms with E-state index >= 15 is 0 Å². The van der Waals surface area contributed by atoms with E-state index in [0.29, 0.717) is 4.88 Å². The first-order chi connectivity index (χ1) is 7.52. The van der Waals surface area contributed by atoms with Gasteiger partial charge in [0.25, 0.3) is 0 Å². The number of hydrogen-bond acceptors (Lipinski definition) is 3. The Bertz CT molecular complexity index is 533. The van der Waals surface area contributed by atoms with Gasteiger partial charge in [0.15, 0.2) is 0 Å². The summed E-state index contributed by atoms with van der Waals surface area (Å²) in [5.74, 6) is -0.630. The molecule has 0 aliphatic rings. The van der Waals surface area contributed by atoms with E-state index in [2.05, 4.69) is 0 Å². The van der Waals surface area contributed by atoms with Crippen LogP contribution in [0.2, 0.25) is 0 Å². The molecule has 0 radical (unpaired) electrons. The summed E-state index contributed by atoms with van der Waals surface area (Å²) in [6.07, 6.45) is -4.57. The zero-order chi connectivity index (χ0) is 11.8. The van der Waals surface area contributed by atoms with Crippen molar-refractivity contribution in [2.24, 2.45) is 0 Å². The summed E-state index contributed by atoms with van der Waals surface area (Å²) in [6.45, 7) is 0. The number of hydrogen-bond donors (Lipinski definition) is 0. The largest absolute Gasteiger partial charge is 0.444 e. The van der Waals surface area contributed by atoms with Crippen LogP contribution in [0.15, 0.2) is 28.0 Å². The second-order valence-electron chi connectivity index (χ2n) is 2.94. The highest BCUT2D eigenvalue weighted by atomic mass is 32.1. The van der Waals surface area contributed by atoms with Gasteiger partial charge in [-0.15, -0.1) is 11.3 Å². The second-order valence-corrected chi connectivity index (χ2v) is 3.89. The minimum Gasteiger partial charge on any atom is -0.444 e. The molecular formula is C10H4F3NOS. The molecule has 0 atom stereocenters. The van der Waals surface area contributed by atoms with E-state index in [1.807, 2.05) is 0 Å². The number of halogens is 3. The Balaban J connectivity index is 2.54. The Morgan fingerprint density at radius 2 is 2.12 bits per heavy atom. The molecule has 0 saturated carbocycles. The number of furan rings is 1. The van der Waals surface area contributed by atoms with Gasteiger partial charge in [-0.25, -0.2) is 0 Å². The van der Waals surface area contributed by atoms with Gasteiger partial charge in [-0.2, -0.15) is 18.4 Å². The molecule has 0 aromatic carbocycles. The maximum absolute atomic E-state index is 12.5. The highest BCUT2D eigenvalue weighted by Crippen LogP contribution is 2.37. The lowest BCUT2D eigenvalue weighted by Crippen LogP contribution is -2.04. The Morgan fingerprint density at radius 3 is 2.56 bits per heavy atom. The fraction of sp³-hybridized carbons (Fsp3) is 0.100. The molecule has 16 heavy (non-hydrogen) atoms. The van der Waals surface area contributed by atoms with Gasteiger partial charge < -0.3 is 4.42 Å². The van der Waals surface area contributed by atoms with Crippen LogP contribution in [-0.4, -0.2) is 0 Å². The molecule has 0 fully saturated rings. The maximum atomic E-state index is 12.5. The topological polar surface area (TPSA) is 36.9 Å². The first-order valence-corrected chi connectivity index (χ1v) is 5.05. The van der Waals surface area contributed by atoms with Crippen molar-refractivity contribution in [2.45, 2.75) is 6.18 Å². The summed E-state index contributed by atoms with van der Waals surface area (Å²) < 4.78 is 42.3. The predicted molar refractivity (Wildman–Crippen MR) is 51.7 cm³/mol. The van der Waals surface area contributed by atoms with Crippen molar-refractivity contribution in [1.82, 2.24) is 0 Å². The summed E-state index contributed by atoms with van der Waals surface area (Å²) in [5, 5.41) is 10.3. The van der Waals surface area contributed by atoms with E-state index in [1.165, 1.54) is 17.4 Å². The minimum atomic E-state index is -4.57. The van der Waals surface area contributed by atoms with Gasteiger partial charge in [0, 0.05) is 0 Å². The molecule has 6 heteroatoms. The zero-order valence-electron chi connectivity index (χ0n) is 7.71. The van der Waals surface area contributed by atoms with Crippen LogP contribution in [0.3, 0.4) is 0 Å². The molecule has 0 bridgehead atoms. The lowest BCUT2D eigenvalue weighted by atomic mass is 10.2. The summed E-state index contributed by atoms with van der Waals surface area (Å²) >= 11 is 1.25. The first kappa shape index (κ1) is 10.8. The van der Waals surface area contributed by atoms with Crippen LogP contribution >= 0.6 is 11.3 Å². The molecule has 2 rings (SSSR count). The van der Waals surface area contributed by atoms with E-state index in [0.717, 1.165) is 6.07 Å². The highest BCUT2D eigenvalue weighted by Gasteiger charge is 2.37. The zero-order valence-corrected chi connectivity index (χ0v) is 8.52. The smallest absolute Gasteiger partial charge is 0.420 e.